The molecule has 0 saturated carbocycles. The molecule has 0 heterocycles. The number of hydrogen-bond donors (Lipinski definition) is 2. The van der Waals surface area contributed by atoms with Gasteiger partial charge in [-0.1, -0.05) is 23.7 Å². The van der Waals surface area contributed by atoms with E-state index in [1.807, 2.05) is 0 Å². The molecule has 0 radical (unpaired) electrons. The maximum atomic E-state index is 13.2. The molecule has 0 fully saturated rings. The van der Waals surface area contributed by atoms with Gasteiger partial charge in [0, 0.05) is 11.1 Å². The SMILES string of the molecule is NNC(c1cc(F)cc(F)c1)c1cccc(Cl)c1. The zero-order chi connectivity index (χ0) is 13.1. The fourth-order valence-electron chi connectivity index (χ4n) is 1.81. The summed E-state index contributed by atoms with van der Waals surface area (Å²) >= 11 is 5.88. The van der Waals surface area contributed by atoms with Crippen molar-refractivity contribution in [2.45, 2.75) is 6.04 Å². The highest BCUT2D eigenvalue weighted by atomic mass is 35.5. The Kier molecular flexibility index (Phi) is 3.91. The predicted molar refractivity (Wildman–Crippen MR) is 67.0 cm³/mol. The van der Waals surface area contributed by atoms with Gasteiger partial charge < -0.3 is 0 Å². The van der Waals surface area contributed by atoms with E-state index in [9.17, 15) is 8.78 Å². The molecule has 0 bridgehead atoms. The summed E-state index contributed by atoms with van der Waals surface area (Å²) in [7, 11) is 0. The monoisotopic (exact) mass is 268 g/mol. The molecule has 2 aromatic rings. The summed E-state index contributed by atoms with van der Waals surface area (Å²) in [4.78, 5) is 0. The van der Waals surface area contributed by atoms with Gasteiger partial charge in [-0.25, -0.2) is 14.2 Å². The molecular formula is C13H11ClF2N2. The van der Waals surface area contributed by atoms with E-state index in [4.69, 9.17) is 17.4 Å². The zero-order valence-corrected chi connectivity index (χ0v) is 10.1. The molecule has 94 valence electrons. The summed E-state index contributed by atoms with van der Waals surface area (Å²) in [5, 5.41) is 0.532. The summed E-state index contributed by atoms with van der Waals surface area (Å²) in [6, 6.07) is 9.68. The Hall–Kier alpha value is -1.49. The van der Waals surface area contributed by atoms with Crippen molar-refractivity contribution < 1.29 is 8.78 Å². The molecule has 5 heteroatoms. The lowest BCUT2D eigenvalue weighted by molar-refractivity contribution is 0.566. The van der Waals surface area contributed by atoms with Crippen molar-refractivity contribution in [3.63, 3.8) is 0 Å². The Morgan fingerprint density at radius 1 is 1.00 bits per heavy atom. The first-order chi connectivity index (χ1) is 8.60. The molecule has 1 unspecified atom stereocenters. The number of hydrazine groups is 1. The van der Waals surface area contributed by atoms with Gasteiger partial charge in [0.25, 0.3) is 0 Å². The van der Waals surface area contributed by atoms with E-state index in [-0.39, 0.29) is 0 Å². The molecular weight excluding hydrogens is 258 g/mol. The van der Waals surface area contributed by atoms with Crippen LogP contribution in [0.5, 0.6) is 0 Å². The molecule has 0 aromatic heterocycles. The lowest BCUT2D eigenvalue weighted by Gasteiger charge is -2.17. The van der Waals surface area contributed by atoms with Crippen LogP contribution in [0.4, 0.5) is 8.78 Å². The third-order valence-corrected chi connectivity index (χ3v) is 2.80. The lowest BCUT2D eigenvalue weighted by Crippen LogP contribution is -2.29. The number of nitrogens with two attached hydrogens (primary N) is 1. The first-order valence-corrected chi connectivity index (χ1v) is 5.65. The largest absolute Gasteiger partial charge is 0.271 e. The van der Waals surface area contributed by atoms with Gasteiger partial charge in [0.15, 0.2) is 0 Å². The van der Waals surface area contributed by atoms with Gasteiger partial charge in [-0.3, -0.25) is 5.84 Å². The number of nitrogens with one attached hydrogen (secondary N) is 1. The van der Waals surface area contributed by atoms with Crippen molar-refractivity contribution in [3.8, 4) is 0 Å². The van der Waals surface area contributed by atoms with Crippen LogP contribution < -0.4 is 11.3 Å². The van der Waals surface area contributed by atoms with Crippen LogP contribution in [-0.2, 0) is 0 Å². The van der Waals surface area contributed by atoms with Gasteiger partial charge in [0.2, 0.25) is 0 Å². The molecule has 0 spiro atoms. The predicted octanol–water partition coefficient (Wildman–Crippen LogP) is 3.17. The summed E-state index contributed by atoms with van der Waals surface area (Å²) in [5.41, 5.74) is 3.66. The van der Waals surface area contributed by atoms with Gasteiger partial charge in [-0.15, -0.1) is 0 Å². The molecule has 0 saturated heterocycles. The molecule has 0 amide bonds. The molecule has 2 aromatic carbocycles. The van der Waals surface area contributed by atoms with E-state index >= 15 is 0 Å². The Labute approximate surface area is 108 Å². The summed E-state index contributed by atoms with van der Waals surface area (Å²) in [5.74, 6) is 4.16. The van der Waals surface area contributed by atoms with Gasteiger partial charge in [-0.05, 0) is 35.4 Å². The Morgan fingerprint density at radius 3 is 2.22 bits per heavy atom. The van der Waals surface area contributed by atoms with Crippen LogP contribution in [-0.4, -0.2) is 0 Å². The number of benzene rings is 2. The van der Waals surface area contributed by atoms with Crippen molar-refractivity contribution in [1.29, 1.82) is 0 Å². The third-order valence-electron chi connectivity index (χ3n) is 2.57. The Bertz CT molecular complexity index is 540. The molecule has 3 N–H and O–H groups in total. The number of rotatable bonds is 3. The molecule has 0 aliphatic carbocycles. The molecule has 0 aliphatic rings. The smallest absolute Gasteiger partial charge is 0.126 e. The van der Waals surface area contributed by atoms with Crippen molar-refractivity contribution in [2.75, 3.05) is 0 Å². The van der Waals surface area contributed by atoms with Crippen LogP contribution in [0, 0.1) is 11.6 Å². The average molecular weight is 269 g/mol. The topological polar surface area (TPSA) is 38.0 Å². The summed E-state index contributed by atoms with van der Waals surface area (Å²) < 4.78 is 26.4. The van der Waals surface area contributed by atoms with Crippen LogP contribution in [0.15, 0.2) is 42.5 Å². The van der Waals surface area contributed by atoms with Crippen LogP contribution in [0.25, 0.3) is 0 Å². The zero-order valence-electron chi connectivity index (χ0n) is 9.33. The first kappa shape index (κ1) is 13.0. The van der Waals surface area contributed by atoms with E-state index in [0.717, 1.165) is 11.6 Å². The van der Waals surface area contributed by atoms with E-state index in [1.54, 1.807) is 24.3 Å². The maximum absolute atomic E-state index is 13.2. The highest BCUT2D eigenvalue weighted by Crippen LogP contribution is 2.24. The maximum Gasteiger partial charge on any atom is 0.126 e. The Balaban J connectivity index is 2.45. The standard InChI is InChI=1S/C13H11ClF2N2/c14-10-3-1-2-8(4-10)13(18-17)9-5-11(15)7-12(16)6-9/h1-7,13,18H,17H2. The second-order valence-electron chi connectivity index (χ2n) is 3.86. The highest BCUT2D eigenvalue weighted by molar-refractivity contribution is 6.30. The van der Waals surface area contributed by atoms with E-state index < -0.39 is 17.7 Å². The van der Waals surface area contributed by atoms with Gasteiger partial charge in [-0.2, -0.15) is 0 Å². The van der Waals surface area contributed by atoms with Gasteiger partial charge >= 0.3 is 0 Å². The fourth-order valence-corrected chi connectivity index (χ4v) is 2.01. The normalized spacial score (nSPS) is 12.4. The number of halogens is 3. The molecule has 2 rings (SSSR count). The van der Waals surface area contributed by atoms with E-state index in [2.05, 4.69) is 5.43 Å². The quantitative estimate of drug-likeness (QED) is 0.663. The first-order valence-electron chi connectivity index (χ1n) is 5.28. The summed E-state index contributed by atoms with van der Waals surface area (Å²) in [6.07, 6.45) is 0. The van der Waals surface area contributed by atoms with Crippen molar-refractivity contribution in [3.05, 3.63) is 70.2 Å². The Morgan fingerprint density at radius 2 is 1.67 bits per heavy atom. The minimum atomic E-state index is -0.646. The lowest BCUT2D eigenvalue weighted by atomic mass is 9.99. The van der Waals surface area contributed by atoms with Crippen molar-refractivity contribution >= 4 is 11.6 Å². The minimum Gasteiger partial charge on any atom is -0.271 e. The minimum absolute atomic E-state index is 0.400. The fraction of sp³-hybridized carbons (Fsp3) is 0.0769. The van der Waals surface area contributed by atoms with E-state index in [1.165, 1.54) is 12.1 Å². The van der Waals surface area contributed by atoms with Crippen molar-refractivity contribution in [1.82, 2.24) is 5.43 Å². The number of hydrogen-bond acceptors (Lipinski definition) is 2. The van der Waals surface area contributed by atoms with Crippen LogP contribution in [0.2, 0.25) is 5.02 Å². The second-order valence-corrected chi connectivity index (χ2v) is 4.29. The molecule has 1 atom stereocenters. The average Bonchev–Trinajstić information content (AvgIpc) is 2.28. The molecule has 0 aliphatic heterocycles. The second kappa shape index (κ2) is 5.44. The van der Waals surface area contributed by atoms with Crippen LogP contribution in [0.1, 0.15) is 17.2 Å². The van der Waals surface area contributed by atoms with E-state index in [0.29, 0.717) is 10.6 Å². The van der Waals surface area contributed by atoms with Crippen LogP contribution in [0.3, 0.4) is 0 Å². The highest BCUT2D eigenvalue weighted by Gasteiger charge is 2.14. The molecule has 18 heavy (non-hydrogen) atoms. The van der Waals surface area contributed by atoms with Crippen LogP contribution >= 0.6 is 11.6 Å². The molecule has 2 nitrogen and oxygen atoms in total. The summed E-state index contributed by atoms with van der Waals surface area (Å²) in [6.45, 7) is 0. The van der Waals surface area contributed by atoms with Gasteiger partial charge in [0.1, 0.15) is 11.6 Å². The third kappa shape index (κ3) is 2.85. The van der Waals surface area contributed by atoms with Crippen molar-refractivity contribution in [2.24, 2.45) is 5.84 Å². The van der Waals surface area contributed by atoms with Gasteiger partial charge in [0.05, 0.1) is 6.04 Å².